The van der Waals surface area contributed by atoms with E-state index < -0.39 is 6.10 Å². The lowest BCUT2D eigenvalue weighted by Crippen LogP contribution is -2.07. The van der Waals surface area contributed by atoms with E-state index in [1.165, 1.54) is 0 Å². The van der Waals surface area contributed by atoms with E-state index in [2.05, 4.69) is 0 Å². The second-order valence-corrected chi connectivity index (χ2v) is 3.22. The molecule has 1 aromatic carbocycles. The number of benzene rings is 1. The van der Waals surface area contributed by atoms with Crippen molar-refractivity contribution in [2.24, 2.45) is 0 Å². The number of rotatable bonds is 4. The van der Waals surface area contributed by atoms with Crippen molar-refractivity contribution in [3.05, 3.63) is 29.3 Å². The van der Waals surface area contributed by atoms with Gasteiger partial charge in [0.1, 0.15) is 11.9 Å². The van der Waals surface area contributed by atoms with Gasteiger partial charge in [-0.05, 0) is 19.1 Å². The quantitative estimate of drug-likeness (QED) is 0.796. The number of methoxy groups -OCH3 is 2. The Labute approximate surface area is 84.3 Å². The van der Waals surface area contributed by atoms with E-state index >= 15 is 0 Å². The van der Waals surface area contributed by atoms with Crippen molar-refractivity contribution in [3.8, 4) is 5.75 Å². The van der Waals surface area contributed by atoms with Gasteiger partial charge in [0.15, 0.2) is 0 Å². The van der Waals surface area contributed by atoms with Gasteiger partial charge < -0.3 is 14.6 Å². The monoisotopic (exact) mass is 196 g/mol. The summed E-state index contributed by atoms with van der Waals surface area (Å²) in [6, 6.07) is 5.70. The molecule has 1 atom stereocenters. The molecule has 0 bridgehead atoms. The van der Waals surface area contributed by atoms with Crippen LogP contribution in [0.3, 0.4) is 0 Å². The molecule has 0 saturated carbocycles. The smallest absolute Gasteiger partial charge is 0.124 e. The van der Waals surface area contributed by atoms with Gasteiger partial charge in [0, 0.05) is 12.7 Å². The number of aliphatic hydroxyl groups excluding tert-OH is 1. The Hall–Kier alpha value is -1.06. The first-order valence-electron chi connectivity index (χ1n) is 4.50. The molecular formula is C11H16O3. The molecule has 3 nitrogen and oxygen atoms in total. The Morgan fingerprint density at radius 1 is 1.36 bits per heavy atom. The first kappa shape index (κ1) is 11.0. The average Bonchev–Trinajstić information content (AvgIpc) is 2.18. The SMILES string of the molecule is COCC(O)c1cc(C)ccc1OC. The molecule has 1 rings (SSSR count). The van der Waals surface area contributed by atoms with Gasteiger partial charge in [-0.15, -0.1) is 0 Å². The first-order valence-corrected chi connectivity index (χ1v) is 4.50. The van der Waals surface area contributed by atoms with Crippen LogP contribution in [-0.4, -0.2) is 25.9 Å². The molecule has 0 aliphatic rings. The fourth-order valence-corrected chi connectivity index (χ4v) is 1.36. The second kappa shape index (κ2) is 4.98. The zero-order valence-corrected chi connectivity index (χ0v) is 8.78. The Balaban J connectivity index is 2.97. The van der Waals surface area contributed by atoms with E-state index in [4.69, 9.17) is 9.47 Å². The van der Waals surface area contributed by atoms with Gasteiger partial charge in [-0.1, -0.05) is 11.6 Å². The molecule has 0 aliphatic heterocycles. The van der Waals surface area contributed by atoms with Crippen molar-refractivity contribution in [1.82, 2.24) is 0 Å². The molecule has 78 valence electrons. The fourth-order valence-electron chi connectivity index (χ4n) is 1.36. The maximum atomic E-state index is 9.75. The van der Waals surface area contributed by atoms with E-state index in [0.29, 0.717) is 5.75 Å². The van der Waals surface area contributed by atoms with Crippen LogP contribution in [0.4, 0.5) is 0 Å². The van der Waals surface area contributed by atoms with E-state index in [9.17, 15) is 5.11 Å². The van der Waals surface area contributed by atoms with Gasteiger partial charge in [0.05, 0.1) is 13.7 Å². The average molecular weight is 196 g/mol. The second-order valence-electron chi connectivity index (χ2n) is 3.22. The Morgan fingerprint density at radius 3 is 2.64 bits per heavy atom. The lowest BCUT2D eigenvalue weighted by molar-refractivity contribution is 0.0627. The highest BCUT2D eigenvalue weighted by Crippen LogP contribution is 2.26. The summed E-state index contributed by atoms with van der Waals surface area (Å²) in [6.07, 6.45) is -0.630. The van der Waals surface area contributed by atoms with E-state index in [1.807, 2.05) is 25.1 Å². The zero-order valence-electron chi connectivity index (χ0n) is 8.78. The Morgan fingerprint density at radius 2 is 2.07 bits per heavy atom. The van der Waals surface area contributed by atoms with Crippen LogP contribution < -0.4 is 4.74 Å². The van der Waals surface area contributed by atoms with Crippen molar-refractivity contribution in [3.63, 3.8) is 0 Å². The van der Waals surface area contributed by atoms with Crippen molar-refractivity contribution in [2.75, 3.05) is 20.8 Å². The molecule has 0 fully saturated rings. The summed E-state index contributed by atoms with van der Waals surface area (Å²) in [4.78, 5) is 0. The standard InChI is InChI=1S/C11H16O3/c1-8-4-5-11(14-3)9(6-8)10(12)7-13-2/h4-6,10,12H,7H2,1-3H3. The van der Waals surface area contributed by atoms with Crippen LogP contribution in [0.25, 0.3) is 0 Å². The summed E-state index contributed by atoms with van der Waals surface area (Å²) < 4.78 is 10.0. The lowest BCUT2D eigenvalue weighted by atomic mass is 10.1. The van der Waals surface area contributed by atoms with Gasteiger partial charge in [-0.3, -0.25) is 0 Å². The number of hydrogen-bond donors (Lipinski definition) is 1. The summed E-state index contributed by atoms with van der Waals surface area (Å²) in [5.41, 5.74) is 1.87. The van der Waals surface area contributed by atoms with Gasteiger partial charge in [-0.2, -0.15) is 0 Å². The number of hydrogen-bond acceptors (Lipinski definition) is 3. The molecule has 1 unspecified atom stereocenters. The van der Waals surface area contributed by atoms with Crippen molar-refractivity contribution in [1.29, 1.82) is 0 Å². The molecular weight excluding hydrogens is 180 g/mol. The zero-order chi connectivity index (χ0) is 10.6. The Bertz CT molecular complexity index is 297. The Kier molecular flexibility index (Phi) is 3.92. The lowest BCUT2D eigenvalue weighted by Gasteiger charge is -2.14. The molecule has 14 heavy (non-hydrogen) atoms. The van der Waals surface area contributed by atoms with E-state index in [1.54, 1.807) is 14.2 Å². The molecule has 0 radical (unpaired) electrons. The van der Waals surface area contributed by atoms with Gasteiger partial charge >= 0.3 is 0 Å². The molecule has 0 heterocycles. The third-order valence-electron chi connectivity index (χ3n) is 2.07. The fraction of sp³-hybridized carbons (Fsp3) is 0.455. The highest BCUT2D eigenvalue weighted by atomic mass is 16.5. The molecule has 0 saturated heterocycles. The van der Waals surface area contributed by atoms with E-state index in [0.717, 1.165) is 11.1 Å². The van der Waals surface area contributed by atoms with Crippen LogP contribution in [-0.2, 0) is 4.74 Å². The van der Waals surface area contributed by atoms with Crippen LogP contribution >= 0.6 is 0 Å². The van der Waals surface area contributed by atoms with Gasteiger partial charge in [0.25, 0.3) is 0 Å². The maximum absolute atomic E-state index is 9.75. The summed E-state index contributed by atoms with van der Waals surface area (Å²) in [6.45, 7) is 2.25. The number of aliphatic hydroxyl groups is 1. The molecule has 0 spiro atoms. The number of ether oxygens (including phenoxy) is 2. The highest BCUT2D eigenvalue weighted by Gasteiger charge is 2.12. The predicted molar refractivity (Wildman–Crippen MR) is 54.6 cm³/mol. The van der Waals surface area contributed by atoms with Crippen LogP contribution in [0.15, 0.2) is 18.2 Å². The van der Waals surface area contributed by atoms with Crippen molar-refractivity contribution < 1.29 is 14.6 Å². The topological polar surface area (TPSA) is 38.7 Å². The molecule has 0 aliphatic carbocycles. The minimum Gasteiger partial charge on any atom is -0.496 e. The number of aryl methyl sites for hydroxylation is 1. The molecule has 1 aromatic rings. The van der Waals surface area contributed by atoms with E-state index in [-0.39, 0.29) is 6.61 Å². The largest absolute Gasteiger partial charge is 0.496 e. The molecule has 1 N–H and O–H groups in total. The minimum atomic E-state index is -0.630. The molecule has 3 heteroatoms. The summed E-state index contributed by atoms with van der Waals surface area (Å²) in [7, 11) is 3.15. The van der Waals surface area contributed by atoms with Crippen LogP contribution in [0.1, 0.15) is 17.2 Å². The summed E-state index contributed by atoms with van der Waals surface area (Å²) in [5.74, 6) is 0.695. The third kappa shape index (κ3) is 2.47. The first-order chi connectivity index (χ1) is 6.69. The van der Waals surface area contributed by atoms with Crippen LogP contribution in [0.2, 0.25) is 0 Å². The van der Waals surface area contributed by atoms with Crippen LogP contribution in [0.5, 0.6) is 5.75 Å². The van der Waals surface area contributed by atoms with Gasteiger partial charge in [-0.25, -0.2) is 0 Å². The third-order valence-corrected chi connectivity index (χ3v) is 2.07. The maximum Gasteiger partial charge on any atom is 0.124 e. The van der Waals surface area contributed by atoms with Crippen molar-refractivity contribution in [2.45, 2.75) is 13.0 Å². The van der Waals surface area contributed by atoms with Crippen molar-refractivity contribution >= 4 is 0 Å². The predicted octanol–water partition coefficient (Wildman–Crippen LogP) is 1.68. The summed E-state index contributed by atoms with van der Waals surface area (Å²) >= 11 is 0. The summed E-state index contributed by atoms with van der Waals surface area (Å²) in [5, 5.41) is 9.75. The normalized spacial score (nSPS) is 12.6. The van der Waals surface area contributed by atoms with Crippen LogP contribution in [0, 0.1) is 6.92 Å². The highest BCUT2D eigenvalue weighted by molar-refractivity contribution is 5.38. The minimum absolute atomic E-state index is 0.278. The van der Waals surface area contributed by atoms with Gasteiger partial charge in [0.2, 0.25) is 0 Å². The molecule has 0 aromatic heterocycles. The molecule has 0 amide bonds.